The predicted octanol–water partition coefficient (Wildman–Crippen LogP) is 2.69. The molecule has 0 aliphatic heterocycles. The van der Waals surface area contributed by atoms with Gasteiger partial charge in [-0.3, -0.25) is 4.79 Å². The first-order chi connectivity index (χ1) is 13.1. The SMILES string of the molecule is COc1cccc(/C=c2/sc3nnc(-c4ccccc4C)n3c2=O)c1OC. The van der Waals surface area contributed by atoms with Gasteiger partial charge in [-0.05, 0) is 24.6 Å². The highest BCUT2D eigenvalue weighted by atomic mass is 32.1. The molecule has 27 heavy (non-hydrogen) atoms. The quantitative estimate of drug-likeness (QED) is 0.545. The Morgan fingerprint density at radius 2 is 1.85 bits per heavy atom. The highest BCUT2D eigenvalue weighted by Crippen LogP contribution is 2.31. The van der Waals surface area contributed by atoms with Gasteiger partial charge in [0.05, 0.1) is 18.8 Å². The lowest BCUT2D eigenvalue weighted by molar-refractivity contribution is 0.354. The van der Waals surface area contributed by atoms with Crippen molar-refractivity contribution in [1.82, 2.24) is 14.6 Å². The van der Waals surface area contributed by atoms with Crippen LogP contribution in [0.4, 0.5) is 0 Å². The van der Waals surface area contributed by atoms with Crippen molar-refractivity contribution in [2.45, 2.75) is 6.92 Å². The fourth-order valence-corrected chi connectivity index (χ4v) is 3.93. The fourth-order valence-electron chi connectivity index (χ4n) is 3.03. The lowest BCUT2D eigenvalue weighted by atomic mass is 10.1. The number of aryl methyl sites for hydroxylation is 1. The van der Waals surface area contributed by atoms with Crippen LogP contribution in [0.2, 0.25) is 0 Å². The Morgan fingerprint density at radius 3 is 2.59 bits per heavy atom. The molecule has 0 spiro atoms. The number of hydrogen-bond acceptors (Lipinski definition) is 6. The molecule has 2 aromatic heterocycles. The molecule has 4 rings (SSSR count). The Morgan fingerprint density at radius 1 is 1.04 bits per heavy atom. The van der Waals surface area contributed by atoms with Gasteiger partial charge in [0, 0.05) is 11.1 Å². The summed E-state index contributed by atoms with van der Waals surface area (Å²) in [7, 11) is 3.16. The normalized spacial score (nSPS) is 11.9. The average molecular weight is 379 g/mol. The third kappa shape index (κ3) is 2.86. The fraction of sp³-hybridized carbons (Fsp3) is 0.150. The zero-order valence-corrected chi connectivity index (χ0v) is 15.9. The van der Waals surface area contributed by atoms with Gasteiger partial charge < -0.3 is 9.47 Å². The van der Waals surface area contributed by atoms with Gasteiger partial charge >= 0.3 is 0 Å². The van der Waals surface area contributed by atoms with Gasteiger partial charge in [-0.15, -0.1) is 10.2 Å². The minimum atomic E-state index is -0.150. The van der Waals surface area contributed by atoms with Crippen LogP contribution in [-0.4, -0.2) is 28.8 Å². The monoisotopic (exact) mass is 379 g/mol. The van der Waals surface area contributed by atoms with Gasteiger partial charge in [0.2, 0.25) is 4.96 Å². The number of methoxy groups -OCH3 is 2. The second-order valence-corrected chi connectivity index (χ2v) is 6.96. The maximum Gasteiger partial charge on any atom is 0.276 e. The lowest BCUT2D eigenvalue weighted by Gasteiger charge is -2.09. The van der Waals surface area contributed by atoms with Crippen molar-refractivity contribution in [3.05, 3.63) is 68.5 Å². The van der Waals surface area contributed by atoms with Gasteiger partial charge in [-0.1, -0.05) is 47.7 Å². The van der Waals surface area contributed by atoms with Crippen LogP contribution in [0.15, 0.2) is 47.3 Å². The van der Waals surface area contributed by atoms with E-state index in [4.69, 9.17) is 9.47 Å². The molecule has 0 N–H and O–H groups in total. The summed E-state index contributed by atoms with van der Waals surface area (Å²) in [6.07, 6.45) is 1.80. The van der Waals surface area contributed by atoms with Crippen molar-refractivity contribution in [2.75, 3.05) is 14.2 Å². The first kappa shape index (κ1) is 17.2. The highest BCUT2D eigenvalue weighted by Gasteiger charge is 2.16. The summed E-state index contributed by atoms with van der Waals surface area (Å²) in [6.45, 7) is 1.99. The molecule has 0 atom stereocenters. The molecule has 7 heteroatoms. The number of aromatic nitrogens is 3. The molecular formula is C20H17N3O3S. The largest absolute Gasteiger partial charge is 0.493 e. The van der Waals surface area contributed by atoms with Crippen molar-refractivity contribution in [2.24, 2.45) is 0 Å². The Hall–Kier alpha value is -3.19. The first-order valence-corrected chi connectivity index (χ1v) is 9.12. The standard InChI is InChI=1S/C20H17N3O3S/c1-12-7-4-5-9-14(12)18-21-22-20-23(18)19(24)16(27-20)11-13-8-6-10-15(25-2)17(13)26-3/h4-11H,1-3H3/b16-11+. The van der Waals surface area contributed by atoms with Crippen molar-refractivity contribution in [1.29, 1.82) is 0 Å². The molecule has 6 nitrogen and oxygen atoms in total. The number of thiazole rings is 1. The molecular weight excluding hydrogens is 362 g/mol. The molecule has 0 radical (unpaired) electrons. The predicted molar refractivity (Wildman–Crippen MR) is 106 cm³/mol. The van der Waals surface area contributed by atoms with E-state index in [0.29, 0.717) is 26.8 Å². The van der Waals surface area contributed by atoms with E-state index in [1.54, 1.807) is 24.7 Å². The molecule has 2 heterocycles. The van der Waals surface area contributed by atoms with Gasteiger partial charge in [0.1, 0.15) is 0 Å². The molecule has 4 aromatic rings. The molecule has 0 aliphatic carbocycles. The molecule has 0 fully saturated rings. The third-order valence-electron chi connectivity index (χ3n) is 4.35. The summed E-state index contributed by atoms with van der Waals surface area (Å²) in [6, 6.07) is 13.4. The summed E-state index contributed by atoms with van der Waals surface area (Å²) in [5.41, 5.74) is 2.55. The maximum atomic E-state index is 13.0. The molecule has 0 saturated heterocycles. The van der Waals surface area contributed by atoms with E-state index in [9.17, 15) is 4.79 Å². The van der Waals surface area contributed by atoms with E-state index in [2.05, 4.69) is 10.2 Å². The molecule has 136 valence electrons. The third-order valence-corrected chi connectivity index (χ3v) is 5.31. The summed E-state index contributed by atoms with van der Waals surface area (Å²) < 4.78 is 12.9. The Bertz CT molecular complexity index is 1240. The van der Waals surface area contributed by atoms with E-state index >= 15 is 0 Å². The second kappa shape index (κ2) is 6.85. The Kier molecular flexibility index (Phi) is 4.37. The number of ether oxygens (including phenoxy) is 2. The molecule has 0 amide bonds. The zero-order chi connectivity index (χ0) is 19.0. The van der Waals surface area contributed by atoms with Crippen LogP contribution in [0.3, 0.4) is 0 Å². The molecule has 0 saturated carbocycles. The van der Waals surface area contributed by atoms with Crippen LogP contribution in [0.25, 0.3) is 22.4 Å². The number of benzene rings is 2. The Balaban J connectivity index is 1.94. The number of fused-ring (bicyclic) bond motifs is 1. The lowest BCUT2D eigenvalue weighted by Crippen LogP contribution is -2.23. The number of nitrogens with zero attached hydrogens (tertiary/aromatic N) is 3. The van der Waals surface area contributed by atoms with Crippen LogP contribution in [0, 0.1) is 6.92 Å². The van der Waals surface area contributed by atoms with Gasteiger partial charge in [-0.2, -0.15) is 0 Å². The number of para-hydroxylation sites is 1. The van der Waals surface area contributed by atoms with Gasteiger partial charge in [0.15, 0.2) is 17.3 Å². The number of rotatable bonds is 4. The van der Waals surface area contributed by atoms with Crippen LogP contribution in [0.5, 0.6) is 11.5 Å². The van der Waals surface area contributed by atoms with Crippen LogP contribution >= 0.6 is 11.3 Å². The summed E-state index contributed by atoms with van der Waals surface area (Å²) in [4.78, 5) is 13.6. The van der Waals surface area contributed by atoms with E-state index in [-0.39, 0.29) is 5.56 Å². The molecule has 0 aliphatic rings. The maximum absolute atomic E-state index is 13.0. The summed E-state index contributed by atoms with van der Waals surface area (Å²) in [5, 5.41) is 8.41. The Labute approximate surface area is 159 Å². The minimum absolute atomic E-state index is 0.150. The van der Waals surface area contributed by atoms with Crippen molar-refractivity contribution in [3.8, 4) is 22.9 Å². The number of hydrogen-bond donors (Lipinski definition) is 0. The highest BCUT2D eigenvalue weighted by molar-refractivity contribution is 7.15. The second-order valence-electron chi connectivity index (χ2n) is 5.96. The smallest absolute Gasteiger partial charge is 0.276 e. The average Bonchev–Trinajstić information content (AvgIpc) is 3.22. The first-order valence-electron chi connectivity index (χ1n) is 8.30. The zero-order valence-electron chi connectivity index (χ0n) is 15.1. The minimum Gasteiger partial charge on any atom is -0.493 e. The molecule has 0 unspecified atom stereocenters. The van der Waals surface area contributed by atoms with Crippen molar-refractivity contribution >= 4 is 22.4 Å². The summed E-state index contributed by atoms with van der Waals surface area (Å²) >= 11 is 1.30. The van der Waals surface area contributed by atoms with E-state index < -0.39 is 0 Å². The van der Waals surface area contributed by atoms with E-state index in [0.717, 1.165) is 16.7 Å². The van der Waals surface area contributed by atoms with Crippen LogP contribution < -0.4 is 19.6 Å². The molecule has 2 aromatic carbocycles. The van der Waals surface area contributed by atoms with Crippen molar-refractivity contribution in [3.63, 3.8) is 0 Å². The van der Waals surface area contributed by atoms with Crippen LogP contribution in [-0.2, 0) is 0 Å². The van der Waals surface area contributed by atoms with E-state index in [1.165, 1.54) is 11.3 Å². The topological polar surface area (TPSA) is 65.7 Å². The van der Waals surface area contributed by atoms with E-state index in [1.807, 2.05) is 49.4 Å². The molecule has 0 bridgehead atoms. The van der Waals surface area contributed by atoms with Gasteiger partial charge in [-0.25, -0.2) is 4.40 Å². The van der Waals surface area contributed by atoms with Gasteiger partial charge in [0.25, 0.3) is 5.56 Å². The van der Waals surface area contributed by atoms with Crippen molar-refractivity contribution < 1.29 is 9.47 Å². The summed E-state index contributed by atoms with van der Waals surface area (Å²) in [5.74, 6) is 1.76. The van der Waals surface area contributed by atoms with Crippen LogP contribution in [0.1, 0.15) is 11.1 Å².